The Morgan fingerprint density at radius 2 is 1.90 bits per heavy atom. The van der Waals surface area contributed by atoms with Crippen molar-refractivity contribution in [2.24, 2.45) is 17.1 Å². The van der Waals surface area contributed by atoms with Gasteiger partial charge in [-0.3, -0.25) is 9.48 Å². The molecular formula is C31H47BN4O5Si. The smallest absolute Gasteiger partial charge is 0.408 e. The molecule has 2 aromatic rings. The average molecular weight is 595 g/mol. The molecule has 1 aromatic heterocycles. The van der Waals surface area contributed by atoms with Crippen LogP contribution >= 0.6 is 0 Å². The van der Waals surface area contributed by atoms with E-state index in [2.05, 4.69) is 79.8 Å². The molecule has 4 rings (SSSR count). The van der Waals surface area contributed by atoms with Crippen molar-refractivity contribution >= 4 is 26.8 Å². The van der Waals surface area contributed by atoms with Crippen LogP contribution in [0.4, 0.5) is 0 Å². The molecule has 2 atom stereocenters. The molecule has 0 bridgehead atoms. The number of nitrogens with zero attached hydrogens (tertiary/aromatic N) is 3. The van der Waals surface area contributed by atoms with Crippen LogP contribution in [-0.4, -0.2) is 57.6 Å². The molecule has 2 saturated heterocycles. The second-order valence-electron chi connectivity index (χ2n) is 14.6. The van der Waals surface area contributed by atoms with E-state index >= 15 is 0 Å². The minimum absolute atomic E-state index is 0.0458. The van der Waals surface area contributed by atoms with E-state index in [0.29, 0.717) is 50.5 Å². The lowest BCUT2D eigenvalue weighted by atomic mass is 9.70. The highest BCUT2D eigenvalue weighted by Gasteiger charge is 2.44. The van der Waals surface area contributed by atoms with Crippen LogP contribution in [0.5, 0.6) is 0 Å². The van der Waals surface area contributed by atoms with Crippen LogP contribution in [-0.2, 0) is 30.5 Å². The Morgan fingerprint density at radius 1 is 1.24 bits per heavy atom. The highest BCUT2D eigenvalue weighted by Crippen LogP contribution is 2.41. The van der Waals surface area contributed by atoms with Gasteiger partial charge in [0.05, 0.1) is 41.5 Å². The van der Waals surface area contributed by atoms with E-state index in [0.717, 1.165) is 16.6 Å². The van der Waals surface area contributed by atoms with Gasteiger partial charge in [-0.25, -0.2) is 0 Å². The van der Waals surface area contributed by atoms with Crippen molar-refractivity contribution in [3.8, 4) is 6.07 Å². The Balaban J connectivity index is 1.72. The summed E-state index contributed by atoms with van der Waals surface area (Å²) in [6.45, 7) is 21.8. The van der Waals surface area contributed by atoms with Gasteiger partial charge in [0.2, 0.25) is 0 Å². The first-order valence-corrected chi connectivity index (χ1v) is 17.8. The zero-order valence-corrected chi connectivity index (χ0v) is 27.7. The van der Waals surface area contributed by atoms with E-state index in [1.807, 2.05) is 6.07 Å². The summed E-state index contributed by atoms with van der Waals surface area (Å²) in [5.74, 6) is -0.797. The molecule has 1 unspecified atom stereocenters. The van der Waals surface area contributed by atoms with Crippen LogP contribution in [0.2, 0.25) is 18.1 Å². The average Bonchev–Trinajstić information content (AvgIpc) is 3.31. The van der Waals surface area contributed by atoms with E-state index in [1.165, 1.54) is 0 Å². The third kappa shape index (κ3) is 7.00. The van der Waals surface area contributed by atoms with Gasteiger partial charge < -0.3 is 24.2 Å². The molecule has 2 N–H and O–H groups in total. The molecule has 11 heteroatoms. The lowest BCUT2D eigenvalue weighted by Gasteiger charge is -2.44. The quantitative estimate of drug-likeness (QED) is 0.440. The normalized spacial score (nSPS) is 21.7. The minimum atomic E-state index is -2.11. The summed E-state index contributed by atoms with van der Waals surface area (Å²) >= 11 is 0. The fraction of sp³-hybridized carbons (Fsp3) is 0.645. The van der Waals surface area contributed by atoms with Crippen LogP contribution in [0.25, 0.3) is 0 Å². The molecule has 1 aromatic carbocycles. The first kappa shape index (κ1) is 32.4. The molecular weight excluding hydrogens is 547 g/mol. The highest BCUT2D eigenvalue weighted by molar-refractivity contribution is 6.74. The van der Waals surface area contributed by atoms with Crippen molar-refractivity contribution < 1.29 is 23.3 Å². The number of rotatable bonds is 8. The van der Waals surface area contributed by atoms with Gasteiger partial charge >= 0.3 is 7.12 Å². The molecule has 3 heterocycles. The van der Waals surface area contributed by atoms with Gasteiger partial charge in [0, 0.05) is 37.9 Å². The number of nitriles is 1. The topological polar surface area (TPSA) is 122 Å². The van der Waals surface area contributed by atoms with Gasteiger partial charge in [0.25, 0.3) is 5.91 Å². The summed E-state index contributed by atoms with van der Waals surface area (Å²) in [5, 5.41) is 14.5. The Kier molecular flexibility index (Phi) is 9.18. The molecule has 2 aliphatic heterocycles. The van der Waals surface area contributed by atoms with Crippen LogP contribution in [0.15, 0.2) is 24.4 Å². The Bertz CT molecular complexity index is 1330. The van der Waals surface area contributed by atoms with E-state index in [-0.39, 0.29) is 22.4 Å². The number of primary amides is 1. The predicted octanol–water partition coefficient (Wildman–Crippen LogP) is 4.70. The number of ether oxygens (including phenoxy) is 1. The lowest BCUT2D eigenvalue weighted by molar-refractivity contribution is 0.0334. The van der Waals surface area contributed by atoms with Crippen molar-refractivity contribution in [3.05, 3.63) is 46.8 Å². The second kappa shape index (κ2) is 11.9. The molecule has 0 radical (unpaired) electrons. The summed E-state index contributed by atoms with van der Waals surface area (Å²) in [6.07, 6.45) is 2.66. The van der Waals surface area contributed by atoms with Gasteiger partial charge in [0.15, 0.2) is 8.32 Å². The summed E-state index contributed by atoms with van der Waals surface area (Å²) in [5.41, 5.74) is 8.89. The van der Waals surface area contributed by atoms with Crippen LogP contribution in [0.3, 0.4) is 0 Å². The number of carbonyl (C=O) groups excluding carboxylic acids is 1. The van der Waals surface area contributed by atoms with E-state index < -0.39 is 26.9 Å². The molecule has 1 amide bonds. The van der Waals surface area contributed by atoms with Crippen molar-refractivity contribution in [1.29, 1.82) is 5.26 Å². The summed E-state index contributed by atoms with van der Waals surface area (Å²) < 4.78 is 26.8. The monoisotopic (exact) mass is 594 g/mol. The maximum absolute atomic E-state index is 12.5. The zero-order valence-electron chi connectivity index (χ0n) is 26.7. The molecule has 0 aliphatic carbocycles. The first-order valence-electron chi connectivity index (χ1n) is 14.9. The summed E-state index contributed by atoms with van der Waals surface area (Å²) in [7, 11) is -2.66. The SMILES string of the molecule is CC1(C)COB(c2cc(Cc3nn(C4COCC[C@@H]4C#N)cc3C(N)=O)ccc2C(C)(C)O[Si](C)(C)C(C)(C)C)OC1. The van der Waals surface area contributed by atoms with Gasteiger partial charge in [-0.1, -0.05) is 52.8 Å². The van der Waals surface area contributed by atoms with Crippen LogP contribution in [0.1, 0.15) is 88.1 Å². The predicted molar refractivity (Wildman–Crippen MR) is 166 cm³/mol. The third-order valence-corrected chi connectivity index (χ3v) is 13.5. The van der Waals surface area contributed by atoms with Crippen LogP contribution < -0.4 is 11.2 Å². The number of benzene rings is 1. The van der Waals surface area contributed by atoms with Gasteiger partial charge in [-0.15, -0.1) is 0 Å². The number of hydrogen-bond donors (Lipinski definition) is 1. The van der Waals surface area contributed by atoms with Gasteiger partial charge in [-0.2, -0.15) is 10.4 Å². The maximum Gasteiger partial charge on any atom is 0.494 e. The number of aromatic nitrogens is 2. The van der Waals surface area contributed by atoms with E-state index in [9.17, 15) is 10.1 Å². The second-order valence-corrected chi connectivity index (χ2v) is 19.3. The first-order chi connectivity index (χ1) is 19.4. The van der Waals surface area contributed by atoms with E-state index in [4.69, 9.17) is 29.3 Å². The van der Waals surface area contributed by atoms with Gasteiger partial charge in [0.1, 0.15) is 0 Å². The van der Waals surface area contributed by atoms with Crippen molar-refractivity contribution in [2.45, 2.75) is 91.1 Å². The Morgan fingerprint density at radius 3 is 2.50 bits per heavy atom. The number of amides is 1. The van der Waals surface area contributed by atoms with Crippen molar-refractivity contribution in [2.75, 3.05) is 26.4 Å². The van der Waals surface area contributed by atoms with Gasteiger partial charge in [-0.05, 0) is 55.0 Å². The number of carbonyl (C=O) groups is 1. The number of hydrogen-bond acceptors (Lipinski definition) is 7. The van der Waals surface area contributed by atoms with E-state index in [1.54, 1.807) is 10.9 Å². The molecule has 0 spiro atoms. The molecule has 228 valence electrons. The largest absolute Gasteiger partial charge is 0.494 e. The molecule has 9 nitrogen and oxygen atoms in total. The number of nitrogens with two attached hydrogens (primary N) is 1. The molecule has 42 heavy (non-hydrogen) atoms. The molecule has 2 aliphatic rings. The van der Waals surface area contributed by atoms with Crippen LogP contribution in [0, 0.1) is 22.7 Å². The third-order valence-electron chi connectivity index (χ3n) is 8.86. The summed E-state index contributed by atoms with van der Waals surface area (Å²) in [6, 6.07) is 8.31. The lowest BCUT2D eigenvalue weighted by Crippen LogP contribution is -2.52. The standard InChI is InChI=1S/C31H47BN4O5Si/c1-29(2,3)42(8,9)41-31(6,7)24-11-10-21(14-25(24)32-39-19-30(4,5)20-40-32)15-26-23(28(34)37)17-36(35-26)27-18-38-13-12-22(27)16-33/h10-11,14,17,22,27H,12-13,15,18-20H2,1-9H3,(H2,34,37)/t22-,27?/m1/s1. The fourth-order valence-electron chi connectivity index (χ4n) is 5.45. The molecule has 0 saturated carbocycles. The maximum atomic E-state index is 12.5. The minimum Gasteiger partial charge on any atom is -0.408 e. The Labute approximate surface area is 252 Å². The molecule has 2 fully saturated rings. The Hall–Kier alpha value is -2.49. The summed E-state index contributed by atoms with van der Waals surface area (Å²) in [4.78, 5) is 12.5. The van der Waals surface area contributed by atoms with Crippen molar-refractivity contribution in [3.63, 3.8) is 0 Å². The van der Waals surface area contributed by atoms with Crippen molar-refractivity contribution in [1.82, 2.24) is 9.78 Å². The zero-order chi connectivity index (χ0) is 31.1. The fourth-order valence-corrected chi connectivity index (χ4v) is 7.14. The highest BCUT2D eigenvalue weighted by atomic mass is 28.4.